The summed E-state index contributed by atoms with van der Waals surface area (Å²) in [4.78, 5) is 2.62. The van der Waals surface area contributed by atoms with Crippen LogP contribution in [0, 0.1) is 12.3 Å². The molecule has 1 heterocycles. The van der Waals surface area contributed by atoms with Crippen molar-refractivity contribution < 1.29 is 0 Å². The van der Waals surface area contributed by atoms with Crippen LogP contribution in [0.4, 0.5) is 0 Å². The maximum absolute atomic E-state index is 3.46. The van der Waals surface area contributed by atoms with Crippen molar-refractivity contribution in [2.45, 2.75) is 40.0 Å². The number of benzene rings is 1. The molecular formula is C20H30N2. The van der Waals surface area contributed by atoms with E-state index < -0.39 is 0 Å². The van der Waals surface area contributed by atoms with Crippen molar-refractivity contribution in [2.75, 3.05) is 32.7 Å². The van der Waals surface area contributed by atoms with Crippen LogP contribution in [0.25, 0.3) is 5.57 Å². The zero-order valence-corrected chi connectivity index (χ0v) is 14.4. The van der Waals surface area contributed by atoms with Crippen molar-refractivity contribution in [1.82, 2.24) is 10.2 Å². The zero-order valence-electron chi connectivity index (χ0n) is 14.4. The van der Waals surface area contributed by atoms with E-state index in [9.17, 15) is 0 Å². The van der Waals surface area contributed by atoms with Gasteiger partial charge in [-0.05, 0) is 42.7 Å². The minimum Gasteiger partial charge on any atom is -0.314 e. The van der Waals surface area contributed by atoms with E-state index in [1.165, 1.54) is 50.0 Å². The van der Waals surface area contributed by atoms with Crippen molar-refractivity contribution in [3.8, 4) is 0 Å². The molecule has 0 radical (unpaired) electrons. The van der Waals surface area contributed by atoms with Gasteiger partial charge in [0, 0.05) is 32.7 Å². The lowest BCUT2D eigenvalue weighted by molar-refractivity contribution is 0.249. The second kappa shape index (κ2) is 6.55. The van der Waals surface area contributed by atoms with Gasteiger partial charge in [-0.2, -0.15) is 0 Å². The highest BCUT2D eigenvalue weighted by atomic mass is 15.2. The average molecular weight is 298 g/mol. The van der Waals surface area contributed by atoms with Crippen LogP contribution >= 0.6 is 0 Å². The third-order valence-electron chi connectivity index (χ3n) is 5.21. The van der Waals surface area contributed by atoms with Crippen molar-refractivity contribution in [1.29, 1.82) is 0 Å². The van der Waals surface area contributed by atoms with Crippen molar-refractivity contribution in [2.24, 2.45) is 5.41 Å². The number of aryl methyl sites for hydroxylation is 1. The standard InChI is InChI=1S/C20H30N2/c1-16-4-6-17(7-5-16)19-14-20(2,3)9-8-18(19)15-22-12-10-21-11-13-22/h4-7,21H,8-15H2,1-3H3. The molecule has 22 heavy (non-hydrogen) atoms. The van der Waals surface area contributed by atoms with E-state index >= 15 is 0 Å². The Bertz CT molecular complexity index is 533. The Morgan fingerprint density at radius 3 is 2.45 bits per heavy atom. The Hall–Kier alpha value is -1.12. The van der Waals surface area contributed by atoms with E-state index in [0.29, 0.717) is 5.41 Å². The van der Waals surface area contributed by atoms with Crippen LogP contribution in [0.3, 0.4) is 0 Å². The molecule has 1 saturated heterocycles. The number of hydrogen-bond acceptors (Lipinski definition) is 2. The fourth-order valence-corrected chi connectivity index (χ4v) is 3.71. The first-order valence-corrected chi connectivity index (χ1v) is 8.74. The Morgan fingerprint density at radius 1 is 1.09 bits per heavy atom. The number of hydrogen-bond donors (Lipinski definition) is 1. The number of piperazine rings is 1. The monoisotopic (exact) mass is 298 g/mol. The molecular weight excluding hydrogens is 268 g/mol. The molecule has 0 aromatic heterocycles. The fraction of sp³-hybridized carbons (Fsp3) is 0.600. The predicted octanol–water partition coefficient (Wildman–Crippen LogP) is 3.86. The van der Waals surface area contributed by atoms with Gasteiger partial charge in [-0.15, -0.1) is 0 Å². The average Bonchev–Trinajstić information content (AvgIpc) is 2.51. The highest BCUT2D eigenvalue weighted by Crippen LogP contribution is 2.43. The van der Waals surface area contributed by atoms with E-state index in [4.69, 9.17) is 0 Å². The summed E-state index contributed by atoms with van der Waals surface area (Å²) in [6.07, 6.45) is 3.81. The number of rotatable bonds is 3. The summed E-state index contributed by atoms with van der Waals surface area (Å²) in [6, 6.07) is 9.16. The van der Waals surface area contributed by atoms with Crippen LogP contribution in [-0.2, 0) is 0 Å². The highest BCUT2D eigenvalue weighted by molar-refractivity contribution is 5.70. The minimum atomic E-state index is 0.438. The Balaban J connectivity index is 1.87. The smallest absolute Gasteiger partial charge is 0.0200 e. The fourth-order valence-electron chi connectivity index (χ4n) is 3.71. The van der Waals surface area contributed by atoms with E-state index in [2.05, 4.69) is 55.3 Å². The van der Waals surface area contributed by atoms with E-state index in [-0.39, 0.29) is 0 Å². The van der Waals surface area contributed by atoms with Gasteiger partial charge in [-0.25, -0.2) is 0 Å². The summed E-state index contributed by atoms with van der Waals surface area (Å²) >= 11 is 0. The van der Waals surface area contributed by atoms with Crippen LogP contribution in [0.5, 0.6) is 0 Å². The molecule has 3 rings (SSSR count). The van der Waals surface area contributed by atoms with Crippen LogP contribution in [-0.4, -0.2) is 37.6 Å². The summed E-state index contributed by atoms with van der Waals surface area (Å²) < 4.78 is 0. The molecule has 1 N–H and O–H groups in total. The third-order valence-corrected chi connectivity index (χ3v) is 5.21. The van der Waals surface area contributed by atoms with Gasteiger partial charge in [-0.1, -0.05) is 49.2 Å². The molecule has 1 aliphatic carbocycles. The highest BCUT2D eigenvalue weighted by Gasteiger charge is 2.28. The largest absolute Gasteiger partial charge is 0.314 e. The maximum Gasteiger partial charge on any atom is 0.0200 e. The Morgan fingerprint density at radius 2 is 1.77 bits per heavy atom. The summed E-state index contributed by atoms with van der Waals surface area (Å²) in [7, 11) is 0. The lowest BCUT2D eigenvalue weighted by Crippen LogP contribution is -2.44. The lowest BCUT2D eigenvalue weighted by Gasteiger charge is -2.36. The molecule has 0 saturated carbocycles. The van der Waals surface area contributed by atoms with Gasteiger partial charge < -0.3 is 5.32 Å². The summed E-state index contributed by atoms with van der Waals surface area (Å²) in [5.41, 5.74) is 6.54. The number of allylic oxidation sites excluding steroid dienone is 1. The van der Waals surface area contributed by atoms with Gasteiger partial charge in [0.25, 0.3) is 0 Å². The predicted molar refractivity (Wildman–Crippen MR) is 95.0 cm³/mol. The topological polar surface area (TPSA) is 15.3 Å². The van der Waals surface area contributed by atoms with Crippen molar-refractivity contribution in [3.63, 3.8) is 0 Å². The van der Waals surface area contributed by atoms with Gasteiger partial charge in [0.2, 0.25) is 0 Å². The van der Waals surface area contributed by atoms with Gasteiger partial charge in [0.15, 0.2) is 0 Å². The quantitative estimate of drug-likeness (QED) is 0.911. The van der Waals surface area contributed by atoms with Crippen LogP contribution < -0.4 is 5.32 Å². The molecule has 1 aromatic rings. The first kappa shape index (κ1) is 15.8. The first-order valence-electron chi connectivity index (χ1n) is 8.74. The molecule has 0 bridgehead atoms. The number of nitrogens with one attached hydrogen (secondary N) is 1. The minimum absolute atomic E-state index is 0.438. The third kappa shape index (κ3) is 3.80. The summed E-state index contributed by atoms with van der Waals surface area (Å²) in [5.74, 6) is 0. The first-order chi connectivity index (χ1) is 10.5. The molecule has 0 spiro atoms. The van der Waals surface area contributed by atoms with Crippen LogP contribution in [0.2, 0.25) is 0 Å². The Labute approximate surface area is 135 Å². The van der Waals surface area contributed by atoms with Gasteiger partial charge >= 0.3 is 0 Å². The van der Waals surface area contributed by atoms with Gasteiger partial charge in [0.05, 0.1) is 0 Å². The summed E-state index contributed by atoms with van der Waals surface area (Å²) in [6.45, 7) is 12.8. The molecule has 2 nitrogen and oxygen atoms in total. The molecule has 1 aromatic carbocycles. The van der Waals surface area contributed by atoms with Crippen molar-refractivity contribution >= 4 is 5.57 Å². The van der Waals surface area contributed by atoms with E-state index in [0.717, 1.165) is 13.1 Å². The van der Waals surface area contributed by atoms with Crippen molar-refractivity contribution in [3.05, 3.63) is 41.0 Å². The molecule has 2 aliphatic rings. The SMILES string of the molecule is Cc1ccc(C2=C(CN3CCNCC3)CCC(C)(C)C2)cc1. The van der Waals surface area contributed by atoms with Gasteiger partial charge in [-0.3, -0.25) is 4.90 Å². The molecule has 0 unspecified atom stereocenters. The maximum atomic E-state index is 3.46. The van der Waals surface area contributed by atoms with E-state index in [1.54, 1.807) is 11.1 Å². The molecule has 0 atom stereocenters. The lowest BCUT2D eigenvalue weighted by atomic mass is 9.72. The second-order valence-electron chi connectivity index (χ2n) is 7.82. The molecule has 1 aliphatic heterocycles. The normalized spacial score (nSPS) is 22.9. The van der Waals surface area contributed by atoms with E-state index in [1.807, 2.05) is 0 Å². The molecule has 1 fully saturated rings. The molecule has 0 amide bonds. The Kier molecular flexibility index (Phi) is 4.70. The molecule has 2 heteroatoms. The molecule has 120 valence electrons. The van der Waals surface area contributed by atoms with Crippen LogP contribution in [0.15, 0.2) is 29.8 Å². The van der Waals surface area contributed by atoms with Crippen LogP contribution in [0.1, 0.15) is 44.2 Å². The number of nitrogens with zero attached hydrogens (tertiary/aromatic N) is 1. The zero-order chi connectivity index (χ0) is 15.6. The van der Waals surface area contributed by atoms with Gasteiger partial charge in [0.1, 0.15) is 0 Å². The summed E-state index contributed by atoms with van der Waals surface area (Å²) in [5, 5.41) is 3.46. The second-order valence-corrected chi connectivity index (χ2v) is 7.82.